The molecule has 0 spiro atoms. The highest BCUT2D eigenvalue weighted by Crippen LogP contribution is 2.22. The average molecular weight is 196 g/mol. The van der Waals surface area contributed by atoms with Crippen LogP contribution in [0.4, 0.5) is 0 Å². The Hall–Kier alpha value is -0.940. The van der Waals surface area contributed by atoms with Gasteiger partial charge in [0.15, 0.2) is 5.82 Å². The van der Waals surface area contributed by atoms with Gasteiger partial charge in [-0.25, -0.2) is 4.98 Å². The van der Waals surface area contributed by atoms with Crippen LogP contribution in [0.1, 0.15) is 24.5 Å². The molecular formula is C9H16N4O. The first kappa shape index (κ1) is 9.61. The van der Waals surface area contributed by atoms with Crippen LogP contribution in [0.2, 0.25) is 0 Å². The molecule has 0 radical (unpaired) electrons. The molecule has 2 rings (SSSR count). The van der Waals surface area contributed by atoms with E-state index < -0.39 is 0 Å². The molecule has 1 aliphatic heterocycles. The summed E-state index contributed by atoms with van der Waals surface area (Å²) in [5, 5.41) is 10.4. The van der Waals surface area contributed by atoms with Gasteiger partial charge >= 0.3 is 0 Å². The van der Waals surface area contributed by atoms with E-state index >= 15 is 0 Å². The fraction of sp³-hybridized carbons (Fsp3) is 0.778. The second kappa shape index (κ2) is 4.06. The van der Waals surface area contributed by atoms with Crippen molar-refractivity contribution >= 4 is 0 Å². The monoisotopic (exact) mass is 196 g/mol. The Morgan fingerprint density at radius 2 is 2.43 bits per heavy atom. The molecule has 78 valence electrons. The lowest BCUT2D eigenvalue weighted by molar-refractivity contribution is 0.187. The van der Waals surface area contributed by atoms with Crippen molar-refractivity contribution < 1.29 is 4.74 Å². The number of H-pyrrole nitrogens is 1. The topological polar surface area (TPSA) is 62.8 Å². The number of aromatic amines is 1. The fourth-order valence-electron chi connectivity index (χ4n) is 1.80. The molecule has 0 amide bonds. The van der Waals surface area contributed by atoms with Gasteiger partial charge in [0.2, 0.25) is 0 Å². The van der Waals surface area contributed by atoms with Gasteiger partial charge in [-0.2, -0.15) is 5.10 Å². The van der Waals surface area contributed by atoms with Gasteiger partial charge in [-0.1, -0.05) is 6.92 Å². The first-order valence-electron chi connectivity index (χ1n) is 5.01. The lowest BCUT2D eigenvalue weighted by Crippen LogP contribution is -2.34. The van der Waals surface area contributed by atoms with Crippen molar-refractivity contribution in [3.63, 3.8) is 0 Å². The molecule has 1 fully saturated rings. The van der Waals surface area contributed by atoms with E-state index in [1.807, 2.05) is 6.92 Å². The van der Waals surface area contributed by atoms with Gasteiger partial charge < -0.3 is 10.1 Å². The summed E-state index contributed by atoms with van der Waals surface area (Å²) in [6.07, 6.45) is 0. The van der Waals surface area contributed by atoms with Gasteiger partial charge in [0.25, 0.3) is 0 Å². The SMILES string of the molecule is CCNC1COCC1c1n[nH]c(C)n1. The van der Waals surface area contributed by atoms with Crippen LogP contribution in [0, 0.1) is 6.92 Å². The van der Waals surface area contributed by atoms with Gasteiger partial charge in [0.05, 0.1) is 19.1 Å². The molecule has 2 atom stereocenters. The zero-order valence-electron chi connectivity index (χ0n) is 8.58. The molecule has 0 saturated carbocycles. The molecule has 1 aliphatic rings. The maximum absolute atomic E-state index is 5.43. The summed E-state index contributed by atoms with van der Waals surface area (Å²) in [5.41, 5.74) is 0. The van der Waals surface area contributed by atoms with Crippen LogP contribution >= 0.6 is 0 Å². The molecule has 5 heteroatoms. The summed E-state index contributed by atoms with van der Waals surface area (Å²) >= 11 is 0. The summed E-state index contributed by atoms with van der Waals surface area (Å²) < 4.78 is 5.43. The molecule has 14 heavy (non-hydrogen) atoms. The third kappa shape index (κ3) is 1.78. The summed E-state index contributed by atoms with van der Waals surface area (Å²) in [6, 6.07) is 0.357. The first-order chi connectivity index (χ1) is 6.81. The molecule has 1 aromatic heterocycles. The molecule has 0 bridgehead atoms. The fourth-order valence-corrected chi connectivity index (χ4v) is 1.80. The number of rotatable bonds is 3. The van der Waals surface area contributed by atoms with Crippen LogP contribution in [-0.2, 0) is 4.74 Å². The number of likely N-dealkylation sites (N-methyl/N-ethyl adjacent to an activating group) is 1. The molecule has 2 unspecified atom stereocenters. The molecule has 2 heterocycles. The number of nitrogens with one attached hydrogen (secondary N) is 2. The molecule has 1 aromatic rings. The van der Waals surface area contributed by atoms with E-state index in [-0.39, 0.29) is 0 Å². The summed E-state index contributed by atoms with van der Waals surface area (Å²) in [4.78, 5) is 4.34. The van der Waals surface area contributed by atoms with Crippen LogP contribution in [0.15, 0.2) is 0 Å². The summed E-state index contributed by atoms with van der Waals surface area (Å²) in [7, 11) is 0. The van der Waals surface area contributed by atoms with Crippen molar-refractivity contribution in [3.05, 3.63) is 11.6 Å². The standard InChI is InChI=1S/C9H16N4O/c1-3-10-8-5-14-4-7(8)9-11-6(2)12-13-9/h7-8,10H,3-5H2,1-2H3,(H,11,12,13). The van der Waals surface area contributed by atoms with Crippen molar-refractivity contribution in [2.24, 2.45) is 0 Å². The molecule has 0 aromatic carbocycles. The second-order valence-corrected chi connectivity index (χ2v) is 3.59. The number of hydrogen-bond acceptors (Lipinski definition) is 4. The minimum atomic E-state index is 0.292. The Balaban J connectivity index is 2.09. The van der Waals surface area contributed by atoms with Crippen molar-refractivity contribution in [1.82, 2.24) is 20.5 Å². The van der Waals surface area contributed by atoms with E-state index in [2.05, 4.69) is 27.4 Å². The van der Waals surface area contributed by atoms with Gasteiger partial charge in [-0.15, -0.1) is 0 Å². The van der Waals surface area contributed by atoms with Gasteiger partial charge in [0.1, 0.15) is 5.82 Å². The number of aryl methyl sites for hydroxylation is 1. The average Bonchev–Trinajstić information content (AvgIpc) is 2.74. The van der Waals surface area contributed by atoms with Crippen LogP contribution in [-0.4, -0.2) is 41.0 Å². The zero-order valence-corrected chi connectivity index (χ0v) is 8.58. The van der Waals surface area contributed by atoms with Gasteiger partial charge in [-0.05, 0) is 13.5 Å². The first-order valence-corrected chi connectivity index (χ1v) is 5.01. The Morgan fingerprint density at radius 3 is 3.07 bits per heavy atom. The Kier molecular flexibility index (Phi) is 2.79. The Morgan fingerprint density at radius 1 is 1.57 bits per heavy atom. The smallest absolute Gasteiger partial charge is 0.157 e. The predicted octanol–water partition coefficient (Wildman–Crippen LogP) is 0.205. The van der Waals surface area contributed by atoms with E-state index in [1.165, 1.54) is 0 Å². The third-order valence-corrected chi connectivity index (χ3v) is 2.49. The predicted molar refractivity (Wildman–Crippen MR) is 52.1 cm³/mol. The minimum absolute atomic E-state index is 0.292. The molecule has 2 N–H and O–H groups in total. The van der Waals surface area contributed by atoms with Crippen LogP contribution in [0.25, 0.3) is 0 Å². The van der Waals surface area contributed by atoms with E-state index in [4.69, 9.17) is 4.74 Å². The highest BCUT2D eigenvalue weighted by Gasteiger charge is 2.31. The highest BCUT2D eigenvalue weighted by molar-refractivity contribution is 5.04. The van der Waals surface area contributed by atoms with Crippen molar-refractivity contribution in [3.8, 4) is 0 Å². The minimum Gasteiger partial charge on any atom is -0.379 e. The van der Waals surface area contributed by atoms with E-state index in [9.17, 15) is 0 Å². The Bertz CT molecular complexity index is 299. The number of ether oxygens (including phenoxy) is 1. The lowest BCUT2D eigenvalue weighted by atomic mass is 10.0. The lowest BCUT2D eigenvalue weighted by Gasteiger charge is -2.14. The second-order valence-electron chi connectivity index (χ2n) is 3.59. The van der Waals surface area contributed by atoms with Gasteiger partial charge in [-0.3, -0.25) is 5.10 Å². The van der Waals surface area contributed by atoms with Crippen molar-refractivity contribution in [1.29, 1.82) is 0 Å². The maximum atomic E-state index is 5.43. The van der Waals surface area contributed by atoms with Crippen LogP contribution in [0.3, 0.4) is 0 Å². The summed E-state index contributed by atoms with van der Waals surface area (Å²) in [5.74, 6) is 2.02. The normalized spacial score (nSPS) is 27.0. The third-order valence-electron chi connectivity index (χ3n) is 2.49. The maximum Gasteiger partial charge on any atom is 0.157 e. The number of nitrogens with zero attached hydrogens (tertiary/aromatic N) is 2. The van der Waals surface area contributed by atoms with E-state index in [1.54, 1.807) is 0 Å². The van der Waals surface area contributed by atoms with Gasteiger partial charge in [0, 0.05) is 6.04 Å². The molecular weight excluding hydrogens is 180 g/mol. The number of hydrogen-bond donors (Lipinski definition) is 2. The summed E-state index contributed by atoms with van der Waals surface area (Å²) in [6.45, 7) is 6.43. The van der Waals surface area contributed by atoms with E-state index in [0.29, 0.717) is 12.0 Å². The zero-order chi connectivity index (χ0) is 9.97. The Labute approximate surface area is 83.3 Å². The van der Waals surface area contributed by atoms with Crippen LogP contribution in [0.5, 0.6) is 0 Å². The van der Waals surface area contributed by atoms with Crippen molar-refractivity contribution in [2.45, 2.75) is 25.8 Å². The molecule has 5 nitrogen and oxygen atoms in total. The molecule has 0 aliphatic carbocycles. The number of aromatic nitrogens is 3. The van der Waals surface area contributed by atoms with Crippen molar-refractivity contribution in [2.75, 3.05) is 19.8 Å². The van der Waals surface area contributed by atoms with E-state index in [0.717, 1.165) is 31.4 Å². The molecule has 1 saturated heterocycles. The highest BCUT2D eigenvalue weighted by atomic mass is 16.5. The quantitative estimate of drug-likeness (QED) is 0.725. The largest absolute Gasteiger partial charge is 0.379 e. The van der Waals surface area contributed by atoms with Crippen LogP contribution < -0.4 is 5.32 Å².